The Morgan fingerprint density at radius 2 is 2.00 bits per heavy atom. The Kier molecular flexibility index (Phi) is 3.96. The van der Waals surface area contributed by atoms with Gasteiger partial charge in [0.15, 0.2) is 0 Å². The molecule has 3 heteroatoms. The maximum atomic E-state index is 12.2. The Balaban J connectivity index is 2.68. The first-order valence-corrected chi connectivity index (χ1v) is 6.20. The first kappa shape index (κ1) is 13.0. The number of nitrogens with one attached hydrogen (secondary N) is 1. The summed E-state index contributed by atoms with van der Waals surface area (Å²) in [5.41, 5.74) is -0.941. The summed E-state index contributed by atoms with van der Waals surface area (Å²) in [6, 6.07) is 2.23. The van der Waals surface area contributed by atoms with Crippen LogP contribution in [0.1, 0.15) is 59.3 Å². The van der Waals surface area contributed by atoms with Crippen LogP contribution in [0, 0.1) is 16.7 Å². The van der Waals surface area contributed by atoms with Crippen LogP contribution in [0.15, 0.2) is 0 Å². The summed E-state index contributed by atoms with van der Waals surface area (Å²) in [6.07, 6.45) is 5.41. The zero-order chi connectivity index (χ0) is 12.2. The molecule has 0 radical (unpaired) electrons. The smallest absolute Gasteiger partial charge is 0.240 e. The van der Waals surface area contributed by atoms with Gasteiger partial charge in [0.05, 0.1) is 6.07 Å². The molecule has 0 atom stereocenters. The lowest BCUT2D eigenvalue weighted by atomic mass is 9.85. The Bertz CT molecular complexity index is 296. The Hall–Kier alpha value is -1.04. The second kappa shape index (κ2) is 4.86. The van der Waals surface area contributed by atoms with Gasteiger partial charge in [0.25, 0.3) is 0 Å². The number of rotatable bonds is 4. The molecule has 0 aromatic carbocycles. The molecule has 0 unspecified atom stereocenters. The van der Waals surface area contributed by atoms with Crippen LogP contribution < -0.4 is 5.32 Å². The van der Waals surface area contributed by atoms with Gasteiger partial charge in [-0.25, -0.2) is 0 Å². The highest BCUT2D eigenvalue weighted by Crippen LogP contribution is 2.38. The summed E-state index contributed by atoms with van der Waals surface area (Å²) in [4.78, 5) is 12.2. The predicted molar refractivity (Wildman–Crippen MR) is 63.6 cm³/mol. The zero-order valence-corrected chi connectivity index (χ0v) is 10.6. The molecule has 1 fully saturated rings. The number of nitriles is 1. The van der Waals surface area contributed by atoms with E-state index in [9.17, 15) is 10.1 Å². The maximum absolute atomic E-state index is 12.2. The van der Waals surface area contributed by atoms with E-state index in [1.54, 1.807) is 0 Å². The molecule has 0 aliphatic heterocycles. The van der Waals surface area contributed by atoms with E-state index >= 15 is 0 Å². The molecular formula is C13H22N2O. The van der Waals surface area contributed by atoms with Crippen molar-refractivity contribution >= 4 is 5.91 Å². The van der Waals surface area contributed by atoms with E-state index in [1.165, 1.54) is 0 Å². The molecule has 0 saturated heterocycles. The van der Waals surface area contributed by atoms with Crippen molar-refractivity contribution in [2.45, 2.75) is 64.8 Å². The van der Waals surface area contributed by atoms with Crippen LogP contribution >= 0.6 is 0 Å². The number of carbonyl (C=O) groups is 1. The average molecular weight is 222 g/mol. The van der Waals surface area contributed by atoms with Gasteiger partial charge in [-0.2, -0.15) is 5.26 Å². The number of nitrogens with zero attached hydrogens (tertiary/aromatic N) is 1. The van der Waals surface area contributed by atoms with Gasteiger partial charge in [-0.15, -0.1) is 0 Å². The molecule has 0 heterocycles. The minimum atomic E-state index is -0.745. The molecule has 0 spiro atoms. The zero-order valence-electron chi connectivity index (χ0n) is 10.6. The van der Waals surface area contributed by atoms with Crippen LogP contribution in [0.25, 0.3) is 0 Å². The van der Waals surface area contributed by atoms with Crippen molar-refractivity contribution in [3.8, 4) is 6.07 Å². The van der Waals surface area contributed by atoms with Crippen molar-refractivity contribution in [1.29, 1.82) is 5.26 Å². The number of hydrogen-bond acceptors (Lipinski definition) is 2. The van der Waals surface area contributed by atoms with Gasteiger partial charge in [-0.3, -0.25) is 4.79 Å². The first-order chi connectivity index (χ1) is 7.46. The van der Waals surface area contributed by atoms with E-state index in [4.69, 9.17) is 0 Å². The lowest BCUT2D eigenvalue weighted by Crippen LogP contribution is -2.49. The number of carbonyl (C=O) groups excluding carboxylic acids is 1. The van der Waals surface area contributed by atoms with Gasteiger partial charge >= 0.3 is 0 Å². The highest BCUT2D eigenvalue weighted by molar-refractivity contribution is 5.86. The minimum absolute atomic E-state index is 0.0639. The molecule has 0 aromatic rings. The number of amides is 1. The van der Waals surface area contributed by atoms with Gasteiger partial charge in [0.2, 0.25) is 5.91 Å². The minimum Gasteiger partial charge on any atom is -0.350 e. The normalized spacial score (nSPS) is 19.1. The van der Waals surface area contributed by atoms with Crippen molar-refractivity contribution in [3.05, 3.63) is 0 Å². The average Bonchev–Trinajstić information content (AvgIpc) is 2.66. The van der Waals surface area contributed by atoms with E-state index in [0.717, 1.165) is 38.5 Å². The Morgan fingerprint density at radius 1 is 1.44 bits per heavy atom. The molecule has 0 bridgehead atoms. The van der Waals surface area contributed by atoms with E-state index in [1.807, 2.05) is 13.8 Å². The van der Waals surface area contributed by atoms with Gasteiger partial charge in [0.1, 0.15) is 5.41 Å². The van der Waals surface area contributed by atoms with E-state index in [2.05, 4.69) is 18.3 Å². The largest absolute Gasteiger partial charge is 0.350 e. The van der Waals surface area contributed by atoms with Crippen LogP contribution in [0.5, 0.6) is 0 Å². The summed E-state index contributed by atoms with van der Waals surface area (Å²) >= 11 is 0. The molecule has 16 heavy (non-hydrogen) atoms. The molecule has 1 N–H and O–H groups in total. The van der Waals surface area contributed by atoms with Crippen LogP contribution in [0.3, 0.4) is 0 Å². The third-order valence-corrected chi connectivity index (χ3v) is 3.43. The molecule has 1 aliphatic carbocycles. The number of hydrogen-bond donors (Lipinski definition) is 1. The Labute approximate surface area is 98.2 Å². The van der Waals surface area contributed by atoms with Gasteiger partial charge in [-0.1, -0.05) is 26.2 Å². The molecule has 90 valence electrons. The maximum Gasteiger partial charge on any atom is 0.240 e. The van der Waals surface area contributed by atoms with E-state index < -0.39 is 5.41 Å². The highest BCUT2D eigenvalue weighted by atomic mass is 16.2. The fourth-order valence-corrected chi connectivity index (χ4v) is 2.48. The second-order valence-electron chi connectivity index (χ2n) is 5.49. The van der Waals surface area contributed by atoms with Crippen LogP contribution in [-0.4, -0.2) is 11.4 Å². The van der Waals surface area contributed by atoms with Crippen LogP contribution in [0.4, 0.5) is 0 Å². The van der Waals surface area contributed by atoms with Crippen molar-refractivity contribution in [2.24, 2.45) is 5.41 Å². The topological polar surface area (TPSA) is 52.9 Å². The summed E-state index contributed by atoms with van der Waals surface area (Å²) in [5.74, 6) is -0.0639. The molecule has 1 rings (SSSR count). The third kappa shape index (κ3) is 2.75. The summed E-state index contributed by atoms with van der Waals surface area (Å²) in [7, 11) is 0. The molecule has 3 nitrogen and oxygen atoms in total. The third-order valence-electron chi connectivity index (χ3n) is 3.43. The molecular weight excluding hydrogens is 200 g/mol. The van der Waals surface area contributed by atoms with Crippen molar-refractivity contribution in [3.63, 3.8) is 0 Å². The highest BCUT2D eigenvalue weighted by Gasteiger charge is 2.42. The van der Waals surface area contributed by atoms with E-state index in [0.29, 0.717) is 0 Å². The molecule has 1 amide bonds. The lowest BCUT2D eigenvalue weighted by molar-refractivity contribution is -0.129. The van der Waals surface area contributed by atoms with Gasteiger partial charge < -0.3 is 5.32 Å². The monoisotopic (exact) mass is 222 g/mol. The quantitative estimate of drug-likeness (QED) is 0.795. The van der Waals surface area contributed by atoms with E-state index in [-0.39, 0.29) is 11.4 Å². The molecule has 0 aromatic heterocycles. The standard InChI is InChI=1S/C13H22N2O/c1-4-7-12(2,3)15-11(16)13(10-14)8-5-6-9-13/h4-9H2,1-3H3,(H,15,16). The van der Waals surface area contributed by atoms with Crippen molar-refractivity contribution < 1.29 is 4.79 Å². The SMILES string of the molecule is CCCC(C)(C)NC(=O)C1(C#N)CCCC1. The van der Waals surface area contributed by atoms with Crippen molar-refractivity contribution in [2.75, 3.05) is 0 Å². The summed E-state index contributed by atoms with van der Waals surface area (Å²) in [6.45, 7) is 6.15. The fraction of sp³-hybridized carbons (Fsp3) is 0.846. The van der Waals surface area contributed by atoms with Gasteiger partial charge in [-0.05, 0) is 33.1 Å². The van der Waals surface area contributed by atoms with Gasteiger partial charge in [0, 0.05) is 5.54 Å². The van der Waals surface area contributed by atoms with Crippen molar-refractivity contribution in [1.82, 2.24) is 5.32 Å². The summed E-state index contributed by atoms with van der Waals surface area (Å²) in [5, 5.41) is 12.2. The lowest BCUT2D eigenvalue weighted by Gasteiger charge is -2.30. The molecule has 1 aliphatic rings. The van der Waals surface area contributed by atoms with Crippen LogP contribution in [-0.2, 0) is 4.79 Å². The van der Waals surface area contributed by atoms with Crippen LogP contribution in [0.2, 0.25) is 0 Å². The fourth-order valence-electron chi connectivity index (χ4n) is 2.48. The first-order valence-electron chi connectivity index (χ1n) is 6.20. The Morgan fingerprint density at radius 3 is 2.44 bits per heavy atom. The molecule has 1 saturated carbocycles. The predicted octanol–water partition coefficient (Wildman–Crippen LogP) is 2.77. The summed E-state index contributed by atoms with van der Waals surface area (Å²) < 4.78 is 0. The second-order valence-corrected chi connectivity index (χ2v) is 5.49.